The second-order valence-electron chi connectivity index (χ2n) is 4.63. The fourth-order valence-corrected chi connectivity index (χ4v) is 2.65. The molecule has 21 heavy (non-hydrogen) atoms. The van der Waals surface area contributed by atoms with Crippen LogP contribution in [0.5, 0.6) is 0 Å². The number of hydrogen-bond acceptors (Lipinski definition) is 5. The summed E-state index contributed by atoms with van der Waals surface area (Å²) in [7, 11) is 1.68. The first-order valence-corrected chi connectivity index (χ1v) is 8.05. The number of rotatable bonds is 10. The van der Waals surface area contributed by atoms with Crippen LogP contribution in [0.1, 0.15) is 11.4 Å². The minimum absolute atomic E-state index is 0.662. The van der Waals surface area contributed by atoms with E-state index in [9.17, 15) is 0 Å². The molecule has 5 heteroatoms. The highest BCUT2D eigenvalue weighted by atomic mass is 32.1. The average molecular weight is 306 g/mol. The lowest BCUT2D eigenvalue weighted by Crippen LogP contribution is -2.16. The zero-order valence-electron chi connectivity index (χ0n) is 12.4. The number of nitrogens with zero attached hydrogens (tertiary/aromatic N) is 1. The monoisotopic (exact) mass is 306 g/mol. The van der Waals surface area contributed by atoms with Gasteiger partial charge in [0.15, 0.2) is 0 Å². The Morgan fingerprint density at radius 2 is 2.00 bits per heavy atom. The van der Waals surface area contributed by atoms with Crippen molar-refractivity contribution in [3.63, 3.8) is 0 Å². The number of ether oxygens (including phenoxy) is 2. The molecule has 114 valence electrons. The molecule has 0 saturated carbocycles. The van der Waals surface area contributed by atoms with Gasteiger partial charge in [-0.3, -0.25) is 0 Å². The van der Waals surface area contributed by atoms with Gasteiger partial charge in [-0.15, -0.1) is 11.3 Å². The van der Waals surface area contributed by atoms with Crippen molar-refractivity contribution >= 4 is 11.3 Å². The normalized spacial score (nSPS) is 10.9. The summed E-state index contributed by atoms with van der Waals surface area (Å²) in [6.45, 7) is 3.85. The quantitative estimate of drug-likeness (QED) is 0.685. The van der Waals surface area contributed by atoms with Crippen molar-refractivity contribution in [2.24, 2.45) is 0 Å². The Kier molecular flexibility index (Phi) is 7.38. The first-order valence-electron chi connectivity index (χ1n) is 7.17. The minimum atomic E-state index is 0.662. The van der Waals surface area contributed by atoms with Crippen LogP contribution in [0.25, 0.3) is 11.3 Å². The molecule has 1 N–H and O–H groups in total. The summed E-state index contributed by atoms with van der Waals surface area (Å²) in [5, 5.41) is 6.62. The molecule has 1 heterocycles. The van der Waals surface area contributed by atoms with E-state index in [1.54, 1.807) is 18.4 Å². The Morgan fingerprint density at radius 1 is 1.14 bits per heavy atom. The number of benzene rings is 1. The lowest BCUT2D eigenvalue weighted by Gasteiger charge is -2.04. The Morgan fingerprint density at radius 3 is 2.81 bits per heavy atom. The van der Waals surface area contributed by atoms with E-state index in [1.807, 2.05) is 18.2 Å². The zero-order chi connectivity index (χ0) is 14.8. The molecule has 0 fully saturated rings. The van der Waals surface area contributed by atoms with Gasteiger partial charge in [-0.1, -0.05) is 30.3 Å². The van der Waals surface area contributed by atoms with Gasteiger partial charge in [-0.05, 0) is 13.0 Å². The van der Waals surface area contributed by atoms with Gasteiger partial charge >= 0.3 is 0 Å². The molecule has 0 unspecified atom stereocenters. The molecule has 0 saturated heterocycles. The molecule has 0 aliphatic heterocycles. The van der Waals surface area contributed by atoms with Crippen LogP contribution in [0.3, 0.4) is 0 Å². The van der Waals surface area contributed by atoms with Crippen LogP contribution in [0, 0.1) is 0 Å². The molecule has 1 aromatic carbocycles. The smallest absolute Gasteiger partial charge is 0.107 e. The van der Waals surface area contributed by atoms with Crippen LogP contribution < -0.4 is 5.32 Å². The van der Waals surface area contributed by atoms with Crippen LogP contribution in [-0.2, 0) is 16.0 Å². The molecule has 0 aliphatic rings. The van der Waals surface area contributed by atoms with E-state index < -0.39 is 0 Å². The Balaban J connectivity index is 1.63. The van der Waals surface area contributed by atoms with Crippen molar-refractivity contribution in [3.05, 3.63) is 40.7 Å². The fourth-order valence-electron chi connectivity index (χ4n) is 1.87. The van der Waals surface area contributed by atoms with E-state index in [0.717, 1.165) is 36.8 Å². The van der Waals surface area contributed by atoms with E-state index in [2.05, 4.69) is 27.8 Å². The van der Waals surface area contributed by atoms with E-state index in [1.165, 1.54) is 5.56 Å². The molecule has 2 rings (SSSR count). The molecule has 0 radical (unpaired) electrons. The zero-order valence-corrected chi connectivity index (χ0v) is 13.2. The van der Waals surface area contributed by atoms with Crippen LogP contribution >= 0.6 is 11.3 Å². The molecule has 0 amide bonds. The molecule has 2 aromatic rings. The van der Waals surface area contributed by atoms with E-state index in [4.69, 9.17) is 9.47 Å². The van der Waals surface area contributed by atoms with Gasteiger partial charge in [0.2, 0.25) is 0 Å². The molecule has 0 aliphatic carbocycles. The third-order valence-corrected chi connectivity index (χ3v) is 3.82. The number of thiazole rings is 1. The van der Waals surface area contributed by atoms with Crippen LogP contribution in [-0.4, -0.2) is 38.5 Å². The van der Waals surface area contributed by atoms with Crippen LogP contribution in [0.15, 0.2) is 35.7 Å². The Hall–Kier alpha value is -1.27. The summed E-state index contributed by atoms with van der Waals surface area (Å²) in [6, 6.07) is 10.3. The van der Waals surface area contributed by atoms with Crippen LogP contribution in [0.4, 0.5) is 0 Å². The third kappa shape index (κ3) is 5.93. The highest BCUT2D eigenvalue weighted by molar-refractivity contribution is 7.09. The van der Waals surface area contributed by atoms with E-state index in [-0.39, 0.29) is 0 Å². The molecular weight excluding hydrogens is 284 g/mol. The van der Waals surface area contributed by atoms with Crippen molar-refractivity contribution in [2.75, 3.05) is 33.5 Å². The lowest BCUT2D eigenvalue weighted by molar-refractivity contribution is 0.0695. The number of methoxy groups -OCH3 is 1. The maximum atomic E-state index is 5.41. The largest absolute Gasteiger partial charge is 0.382 e. The Labute approximate surface area is 130 Å². The first kappa shape index (κ1) is 16.1. The van der Waals surface area contributed by atoms with Crippen molar-refractivity contribution < 1.29 is 9.47 Å². The molecule has 1 aromatic heterocycles. The maximum Gasteiger partial charge on any atom is 0.107 e. The highest BCUT2D eigenvalue weighted by Gasteiger charge is 2.03. The van der Waals surface area contributed by atoms with Gasteiger partial charge in [-0.2, -0.15) is 0 Å². The molecular formula is C16H22N2O2S. The second kappa shape index (κ2) is 9.63. The van der Waals surface area contributed by atoms with Crippen molar-refractivity contribution in [3.8, 4) is 11.3 Å². The van der Waals surface area contributed by atoms with Crippen LogP contribution in [0.2, 0.25) is 0 Å². The first-order chi connectivity index (χ1) is 10.4. The summed E-state index contributed by atoms with van der Waals surface area (Å²) in [5.74, 6) is 0. The predicted octanol–water partition coefficient (Wildman–Crippen LogP) is 2.95. The van der Waals surface area contributed by atoms with Crippen molar-refractivity contribution in [2.45, 2.75) is 13.0 Å². The van der Waals surface area contributed by atoms with Gasteiger partial charge in [-0.25, -0.2) is 4.98 Å². The van der Waals surface area contributed by atoms with Crippen molar-refractivity contribution in [1.82, 2.24) is 10.3 Å². The summed E-state index contributed by atoms with van der Waals surface area (Å²) in [4.78, 5) is 4.65. The predicted molar refractivity (Wildman–Crippen MR) is 86.6 cm³/mol. The van der Waals surface area contributed by atoms with Gasteiger partial charge in [0.1, 0.15) is 5.01 Å². The topological polar surface area (TPSA) is 43.4 Å². The maximum absolute atomic E-state index is 5.41. The molecule has 4 nitrogen and oxygen atoms in total. The number of hydrogen-bond donors (Lipinski definition) is 1. The highest BCUT2D eigenvalue weighted by Crippen LogP contribution is 2.21. The fraction of sp³-hybridized carbons (Fsp3) is 0.438. The Bertz CT molecular complexity index is 502. The minimum Gasteiger partial charge on any atom is -0.382 e. The lowest BCUT2D eigenvalue weighted by atomic mass is 10.2. The summed E-state index contributed by atoms with van der Waals surface area (Å²) in [5.41, 5.74) is 2.23. The van der Waals surface area contributed by atoms with E-state index in [0.29, 0.717) is 13.2 Å². The SMILES string of the molecule is COCCOCCCNCc1nc(-c2ccccc2)cs1. The van der Waals surface area contributed by atoms with Gasteiger partial charge in [0, 0.05) is 31.2 Å². The van der Waals surface area contributed by atoms with Gasteiger partial charge < -0.3 is 14.8 Å². The van der Waals surface area contributed by atoms with Gasteiger partial charge in [0.25, 0.3) is 0 Å². The average Bonchev–Trinajstić information content (AvgIpc) is 3.00. The van der Waals surface area contributed by atoms with Crippen molar-refractivity contribution in [1.29, 1.82) is 0 Å². The number of aromatic nitrogens is 1. The molecule has 0 spiro atoms. The standard InChI is InChI=1S/C16H22N2O2S/c1-19-10-11-20-9-5-8-17-12-16-18-15(13-21-16)14-6-3-2-4-7-14/h2-4,6-7,13,17H,5,8-12H2,1H3. The molecule has 0 atom stereocenters. The number of nitrogens with one attached hydrogen (secondary N) is 1. The van der Waals surface area contributed by atoms with E-state index >= 15 is 0 Å². The molecule has 0 bridgehead atoms. The third-order valence-electron chi connectivity index (χ3n) is 2.97. The second-order valence-corrected chi connectivity index (χ2v) is 5.57. The van der Waals surface area contributed by atoms with Gasteiger partial charge in [0.05, 0.1) is 18.9 Å². The summed E-state index contributed by atoms with van der Waals surface area (Å²) < 4.78 is 10.3. The summed E-state index contributed by atoms with van der Waals surface area (Å²) >= 11 is 1.70. The summed E-state index contributed by atoms with van der Waals surface area (Å²) in [6.07, 6.45) is 1.00.